The first kappa shape index (κ1) is 14.1. The largest absolute Gasteiger partial charge is 0.396 e. The summed E-state index contributed by atoms with van der Waals surface area (Å²) in [6, 6.07) is 3.90. The Morgan fingerprint density at radius 2 is 2.06 bits per heavy atom. The van der Waals surface area contributed by atoms with E-state index in [1.165, 1.54) is 19.1 Å². The number of aliphatic hydroxyl groups excluding tert-OH is 1. The van der Waals surface area contributed by atoms with E-state index in [-0.39, 0.29) is 30.5 Å². The molecular weight excluding hydrogens is 239 g/mol. The lowest BCUT2D eigenvalue weighted by atomic mass is 10.2. The molecule has 3 N–H and O–H groups in total. The van der Waals surface area contributed by atoms with Crippen LogP contribution in [0.2, 0.25) is 0 Å². The van der Waals surface area contributed by atoms with Gasteiger partial charge in [-0.05, 0) is 24.6 Å². The van der Waals surface area contributed by atoms with Crippen LogP contribution in [0.1, 0.15) is 19.8 Å². The minimum atomic E-state index is -0.582. The monoisotopic (exact) mass is 254 g/mol. The summed E-state index contributed by atoms with van der Waals surface area (Å²) in [6.07, 6.45) is 0.430. The molecule has 0 unspecified atom stereocenters. The van der Waals surface area contributed by atoms with E-state index in [4.69, 9.17) is 5.11 Å². The number of hydrogen-bond acceptors (Lipinski definition) is 3. The third-order valence-electron chi connectivity index (χ3n) is 2.12. The number of amides is 2. The maximum Gasteiger partial charge on any atom is 0.224 e. The van der Waals surface area contributed by atoms with E-state index >= 15 is 0 Å². The van der Waals surface area contributed by atoms with Crippen LogP contribution in [0.3, 0.4) is 0 Å². The zero-order valence-electron chi connectivity index (χ0n) is 10.00. The zero-order chi connectivity index (χ0) is 13.5. The molecule has 0 atom stereocenters. The van der Waals surface area contributed by atoms with E-state index in [0.29, 0.717) is 12.1 Å². The van der Waals surface area contributed by atoms with Crippen LogP contribution in [0, 0.1) is 5.82 Å². The van der Waals surface area contributed by atoms with Gasteiger partial charge in [-0.1, -0.05) is 0 Å². The average molecular weight is 254 g/mol. The summed E-state index contributed by atoms with van der Waals surface area (Å²) in [4.78, 5) is 22.2. The van der Waals surface area contributed by atoms with Crippen molar-refractivity contribution < 1.29 is 19.1 Å². The van der Waals surface area contributed by atoms with Crippen molar-refractivity contribution in [3.63, 3.8) is 0 Å². The first-order chi connectivity index (χ1) is 8.52. The summed E-state index contributed by atoms with van der Waals surface area (Å²) in [5.74, 6) is -1.25. The molecule has 1 aromatic rings. The quantitative estimate of drug-likeness (QED) is 0.745. The molecule has 0 aliphatic rings. The van der Waals surface area contributed by atoms with Gasteiger partial charge in [-0.15, -0.1) is 0 Å². The Morgan fingerprint density at radius 1 is 1.33 bits per heavy atom. The second kappa shape index (κ2) is 6.70. The molecule has 0 heterocycles. The molecule has 5 nitrogen and oxygen atoms in total. The van der Waals surface area contributed by atoms with Crippen LogP contribution in [0.5, 0.6) is 0 Å². The highest BCUT2D eigenvalue weighted by Gasteiger charge is 2.08. The molecule has 18 heavy (non-hydrogen) atoms. The number of carbonyl (C=O) groups is 2. The summed E-state index contributed by atoms with van der Waals surface area (Å²) >= 11 is 0. The Morgan fingerprint density at radius 3 is 2.67 bits per heavy atom. The molecule has 0 saturated carbocycles. The van der Waals surface area contributed by atoms with E-state index in [9.17, 15) is 14.0 Å². The minimum absolute atomic E-state index is 0.00388. The van der Waals surface area contributed by atoms with Crippen LogP contribution in [0.15, 0.2) is 18.2 Å². The van der Waals surface area contributed by atoms with E-state index in [1.807, 2.05) is 0 Å². The van der Waals surface area contributed by atoms with Crippen LogP contribution in [0.25, 0.3) is 0 Å². The fraction of sp³-hybridized carbons (Fsp3) is 0.333. The van der Waals surface area contributed by atoms with Gasteiger partial charge in [0.05, 0.1) is 5.69 Å². The summed E-state index contributed by atoms with van der Waals surface area (Å²) < 4.78 is 13.4. The zero-order valence-corrected chi connectivity index (χ0v) is 10.00. The van der Waals surface area contributed by atoms with Gasteiger partial charge < -0.3 is 15.7 Å². The highest BCUT2D eigenvalue weighted by atomic mass is 19.1. The standard InChI is InChI=1S/C12H15FN2O3/c1-8(17)14-9-4-5-10(13)11(7-9)15-12(18)3-2-6-16/h4-5,7,16H,2-3,6H2,1H3,(H,14,17)(H,15,18). The topological polar surface area (TPSA) is 78.4 Å². The number of hydrogen-bond donors (Lipinski definition) is 3. The fourth-order valence-corrected chi connectivity index (χ4v) is 1.35. The van der Waals surface area contributed by atoms with Gasteiger partial charge in [0, 0.05) is 25.6 Å². The Balaban J connectivity index is 2.74. The maximum absolute atomic E-state index is 13.4. The van der Waals surface area contributed by atoms with Crippen molar-refractivity contribution in [2.24, 2.45) is 0 Å². The highest BCUT2D eigenvalue weighted by Crippen LogP contribution is 2.19. The molecule has 1 aromatic carbocycles. The normalized spacial score (nSPS) is 9.94. The number of nitrogens with one attached hydrogen (secondary N) is 2. The highest BCUT2D eigenvalue weighted by molar-refractivity contribution is 5.93. The van der Waals surface area contributed by atoms with Crippen molar-refractivity contribution in [2.75, 3.05) is 17.2 Å². The van der Waals surface area contributed by atoms with Gasteiger partial charge in [0.1, 0.15) is 5.82 Å². The molecule has 0 bridgehead atoms. The molecule has 0 radical (unpaired) electrons. The Bertz CT molecular complexity index is 449. The van der Waals surface area contributed by atoms with Gasteiger partial charge in [0.25, 0.3) is 0 Å². The number of rotatable bonds is 5. The smallest absolute Gasteiger partial charge is 0.224 e. The van der Waals surface area contributed by atoms with E-state index < -0.39 is 5.82 Å². The molecule has 0 aliphatic carbocycles. The molecule has 1 rings (SSSR count). The lowest BCUT2D eigenvalue weighted by Crippen LogP contribution is -2.13. The Hall–Kier alpha value is -1.95. The fourth-order valence-electron chi connectivity index (χ4n) is 1.35. The van der Waals surface area contributed by atoms with Crippen LogP contribution in [-0.2, 0) is 9.59 Å². The van der Waals surface area contributed by atoms with Gasteiger partial charge in [0.2, 0.25) is 11.8 Å². The van der Waals surface area contributed by atoms with Crippen molar-refractivity contribution in [1.82, 2.24) is 0 Å². The van der Waals surface area contributed by atoms with Crippen LogP contribution < -0.4 is 10.6 Å². The predicted octanol–water partition coefficient (Wildman–Crippen LogP) is 1.50. The predicted molar refractivity (Wildman–Crippen MR) is 65.7 cm³/mol. The molecule has 0 aromatic heterocycles. The first-order valence-electron chi connectivity index (χ1n) is 5.51. The second-order valence-electron chi connectivity index (χ2n) is 3.75. The lowest BCUT2D eigenvalue weighted by molar-refractivity contribution is -0.116. The first-order valence-corrected chi connectivity index (χ1v) is 5.51. The number of benzene rings is 1. The van der Waals surface area contributed by atoms with Crippen molar-refractivity contribution in [1.29, 1.82) is 0 Å². The molecule has 2 amide bonds. The molecule has 6 heteroatoms. The summed E-state index contributed by atoms with van der Waals surface area (Å²) in [5, 5.41) is 13.5. The van der Waals surface area contributed by atoms with Gasteiger partial charge in [-0.25, -0.2) is 4.39 Å². The van der Waals surface area contributed by atoms with Crippen LogP contribution >= 0.6 is 0 Å². The van der Waals surface area contributed by atoms with Gasteiger partial charge in [-0.2, -0.15) is 0 Å². The van der Waals surface area contributed by atoms with Crippen LogP contribution in [-0.4, -0.2) is 23.5 Å². The number of halogens is 1. The number of aliphatic hydroxyl groups is 1. The average Bonchev–Trinajstić information content (AvgIpc) is 2.30. The summed E-state index contributed by atoms with van der Waals surface area (Å²) in [5.41, 5.74) is 0.408. The third-order valence-corrected chi connectivity index (χ3v) is 2.12. The van der Waals surface area contributed by atoms with Gasteiger partial charge >= 0.3 is 0 Å². The minimum Gasteiger partial charge on any atom is -0.396 e. The van der Waals surface area contributed by atoms with Crippen molar-refractivity contribution in [3.8, 4) is 0 Å². The molecule has 0 aliphatic heterocycles. The van der Waals surface area contributed by atoms with Crippen molar-refractivity contribution in [2.45, 2.75) is 19.8 Å². The Labute approximate surface area is 104 Å². The van der Waals surface area contributed by atoms with Gasteiger partial charge in [0.15, 0.2) is 0 Å². The second-order valence-corrected chi connectivity index (χ2v) is 3.75. The van der Waals surface area contributed by atoms with Crippen molar-refractivity contribution >= 4 is 23.2 Å². The number of anilines is 2. The molecule has 0 fully saturated rings. The molecular formula is C12H15FN2O3. The molecule has 98 valence electrons. The van der Waals surface area contributed by atoms with Crippen LogP contribution in [0.4, 0.5) is 15.8 Å². The lowest BCUT2D eigenvalue weighted by Gasteiger charge is -2.08. The number of carbonyl (C=O) groups excluding carboxylic acids is 2. The van der Waals surface area contributed by atoms with E-state index in [1.54, 1.807) is 0 Å². The maximum atomic E-state index is 13.4. The Kier molecular flexibility index (Phi) is 5.26. The summed E-state index contributed by atoms with van der Waals surface area (Å²) in [6.45, 7) is 1.24. The molecule has 0 saturated heterocycles. The third kappa shape index (κ3) is 4.50. The SMILES string of the molecule is CC(=O)Nc1ccc(F)c(NC(=O)CCCO)c1. The van der Waals surface area contributed by atoms with E-state index in [2.05, 4.69) is 10.6 Å². The molecule has 0 spiro atoms. The van der Waals surface area contributed by atoms with Gasteiger partial charge in [-0.3, -0.25) is 9.59 Å². The van der Waals surface area contributed by atoms with E-state index in [0.717, 1.165) is 6.07 Å². The van der Waals surface area contributed by atoms with Crippen molar-refractivity contribution in [3.05, 3.63) is 24.0 Å². The summed E-state index contributed by atoms with van der Waals surface area (Å²) in [7, 11) is 0.